The highest BCUT2D eigenvalue weighted by atomic mass is 35.5. The number of aromatic amines is 1. The molecule has 3 N–H and O–H groups in total. The van der Waals surface area contributed by atoms with E-state index in [0.717, 1.165) is 31.4 Å². The van der Waals surface area contributed by atoms with Gasteiger partial charge in [0.05, 0.1) is 22.6 Å². The van der Waals surface area contributed by atoms with Crippen LogP contribution >= 0.6 is 11.6 Å². The lowest BCUT2D eigenvalue weighted by Gasteiger charge is -2.29. The quantitative estimate of drug-likeness (QED) is 0.358. The highest BCUT2D eigenvalue weighted by Gasteiger charge is 2.26. The Labute approximate surface area is 192 Å². The summed E-state index contributed by atoms with van der Waals surface area (Å²) in [5.74, 6) is -1.45. The predicted molar refractivity (Wildman–Crippen MR) is 120 cm³/mol. The fourth-order valence-electron chi connectivity index (χ4n) is 4.02. The molecule has 5 rings (SSSR count). The minimum atomic E-state index is -0.878. The van der Waals surface area contributed by atoms with Crippen molar-refractivity contribution >= 4 is 28.5 Å². The average Bonchev–Trinajstić information content (AvgIpc) is 3.22. The molecule has 2 aromatic carbocycles. The highest BCUT2D eigenvalue weighted by Crippen LogP contribution is 2.37. The summed E-state index contributed by atoms with van der Waals surface area (Å²) >= 11 is 6.40. The van der Waals surface area contributed by atoms with E-state index in [9.17, 15) is 13.9 Å². The van der Waals surface area contributed by atoms with Gasteiger partial charge >= 0.3 is 6.01 Å². The van der Waals surface area contributed by atoms with Crippen molar-refractivity contribution in [1.82, 2.24) is 20.2 Å². The van der Waals surface area contributed by atoms with Gasteiger partial charge in [-0.05, 0) is 31.0 Å². The Balaban J connectivity index is 1.61. The van der Waals surface area contributed by atoms with Gasteiger partial charge in [0.1, 0.15) is 17.3 Å². The van der Waals surface area contributed by atoms with Gasteiger partial charge in [-0.3, -0.25) is 5.10 Å². The van der Waals surface area contributed by atoms with E-state index < -0.39 is 17.7 Å². The number of aromatic nitrogens is 4. The molecule has 1 saturated carbocycles. The smallest absolute Gasteiger partial charge is 0.326 e. The molecule has 0 radical (unpaired) electrons. The minimum absolute atomic E-state index is 0.157. The van der Waals surface area contributed by atoms with E-state index in [1.807, 2.05) is 18.2 Å². The first-order valence-corrected chi connectivity index (χ1v) is 11.0. The summed E-state index contributed by atoms with van der Waals surface area (Å²) in [5, 5.41) is 22.1. The van der Waals surface area contributed by atoms with Crippen molar-refractivity contribution in [3.8, 4) is 23.0 Å². The molecule has 0 amide bonds. The van der Waals surface area contributed by atoms with Crippen LogP contribution in [-0.4, -0.2) is 37.4 Å². The van der Waals surface area contributed by atoms with Crippen molar-refractivity contribution in [2.45, 2.75) is 37.8 Å². The fourth-order valence-corrected chi connectivity index (χ4v) is 4.25. The maximum Gasteiger partial charge on any atom is 0.326 e. The molecule has 0 spiro atoms. The number of anilines is 1. The maximum absolute atomic E-state index is 14.1. The Morgan fingerprint density at radius 3 is 2.70 bits per heavy atom. The summed E-state index contributed by atoms with van der Waals surface area (Å²) in [6.45, 7) is 0. The van der Waals surface area contributed by atoms with Crippen molar-refractivity contribution in [3.63, 3.8) is 0 Å². The number of halogens is 3. The Morgan fingerprint density at radius 1 is 1.09 bits per heavy atom. The van der Waals surface area contributed by atoms with Gasteiger partial charge in [-0.1, -0.05) is 42.6 Å². The van der Waals surface area contributed by atoms with E-state index in [-0.39, 0.29) is 17.8 Å². The summed E-state index contributed by atoms with van der Waals surface area (Å²) in [7, 11) is 0. The number of benzene rings is 2. The first-order chi connectivity index (χ1) is 16.0. The van der Waals surface area contributed by atoms with Crippen molar-refractivity contribution < 1.29 is 18.6 Å². The van der Waals surface area contributed by atoms with Gasteiger partial charge in [-0.25, -0.2) is 8.78 Å². The lowest BCUT2D eigenvalue weighted by atomic mass is 9.92. The lowest BCUT2D eigenvalue weighted by Crippen LogP contribution is -2.36. The molecule has 0 saturated heterocycles. The zero-order chi connectivity index (χ0) is 22.9. The van der Waals surface area contributed by atoms with Gasteiger partial charge in [-0.2, -0.15) is 15.1 Å². The number of ether oxygens (including phenoxy) is 1. The zero-order valence-corrected chi connectivity index (χ0v) is 18.1. The van der Waals surface area contributed by atoms with Crippen LogP contribution in [0.25, 0.3) is 22.3 Å². The lowest BCUT2D eigenvalue weighted by molar-refractivity contribution is 0.116. The molecule has 7 nitrogen and oxygen atoms in total. The van der Waals surface area contributed by atoms with Crippen LogP contribution in [0.1, 0.15) is 25.7 Å². The van der Waals surface area contributed by atoms with E-state index in [4.69, 9.17) is 16.3 Å². The SMILES string of the molecule is O[C@@H]1CCCC[C@H]1Nc1nc(Oc2ccc(F)cc2F)nc2[nH]nc(-c3ccccc3Cl)c12. The van der Waals surface area contributed by atoms with Crippen LogP contribution < -0.4 is 10.1 Å². The number of rotatable bonds is 5. The van der Waals surface area contributed by atoms with Gasteiger partial charge in [0.2, 0.25) is 0 Å². The first-order valence-electron chi connectivity index (χ1n) is 10.6. The summed E-state index contributed by atoms with van der Waals surface area (Å²) in [6.07, 6.45) is 2.81. The van der Waals surface area contributed by atoms with E-state index in [2.05, 4.69) is 25.5 Å². The molecular weight excluding hydrogens is 452 g/mol. The number of hydrogen-bond acceptors (Lipinski definition) is 6. The van der Waals surface area contributed by atoms with E-state index in [0.29, 0.717) is 39.6 Å². The van der Waals surface area contributed by atoms with Gasteiger partial charge in [-0.15, -0.1) is 0 Å². The minimum Gasteiger partial charge on any atom is -0.421 e. The number of aliphatic hydroxyl groups is 1. The average molecular weight is 472 g/mol. The van der Waals surface area contributed by atoms with Crippen molar-refractivity contribution in [2.24, 2.45) is 0 Å². The second kappa shape index (κ2) is 8.92. The Bertz CT molecular complexity index is 1320. The number of nitrogens with zero attached hydrogens (tertiary/aromatic N) is 3. The summed E-state index contributed by atoms with van der Waals surface area (Å²) in [4.78, 5) is 8.78. The number of aliphatic hydroxyl groups excluding tert-OH is 1. The van der Waals surface area contributed by atoms with E-state index in [1.165, 1.54) is 6.07 Å². The maximum atomic E-state index is 14.1. The molecule has 4 aromatic rings. The molecule has 2 atom stereocenters. The number of H-pyrrole nitrogens is 1. The topological polar surface area (TPSA) is 96.0 Å². The molecule has 1 aliphatic carbocycles. The number of nitrogens with one attached hydrogen (secondary N) is 2. The molecule has 1 fully saturated rings. The molecule has 2 aromatic heterocycles. The first kappa shape index (κ1) is 21.5. The normalized spacial score (nSPS) is 18.4. The van der Waals surface area contributed by atoms with Crippen LogP contribution in [0.3, 0.4) is 0 Å². The molecule has 1 aliphatic rings. The van der Waals surface area contributed by atoms with Crippen molar-refractivity contribution in [2.75, 3.05) is 5.32 Å². The van der Waals surface area contributed by atoms with Crippen LogP contribution in [-0.2, 0) is 0 Å². The molecule has 2 heterocycles. The summed E-state index contributed by atoms with van der Waals surface area (Å²) in [5.41, 5.74) is 1.55. The zero-order valence-electron chi connectivity index (χ0n) is 17.4. The molecule has 0 bridgehead atoms. The Kier molecular flexibility index (Phi) is 5.82. The van der Waals surface area contributed by atoms with Crippen molar-refractivity contribution in [3.05, 3.63) is 59.1 Å². The number of hydrogen-bond donors (Lipinski definition) is 3. The summed E-state index contributed by atoms with van der Waals surface area (Å²) in [6, 6.07) is 9.82. The summed E-state index contributed by atoms with van der Waals surface area (Å²) < 4.78 is 32.9. The molecule has 33 heavy (non-hydrogen) atoms. The second-order valence-electron chi connectivity index (χ2n) is 7.91. The largest absolute Gasteiger partial charge is 0.421 e. The van der Waals surface area contributed by atoms with E-state index >= 15 is 0 Å². The van der Waals surface area contributed by atoms with Crippen LogP contribution in [0.5, 0.6) is 11.8 Å². The van der Waals surface area contributed by atoms with Crippen LogP contribution in [0.15, 0.2) is 42.5 Å². The molecule has 0 unspecified atom stereocenters. The third-order valence-electron chi connectivity index (χ3n) is 5.67. The third-order valence-corrected chi connectivity index (χ3v) is 6.00. The van der Waals surface area contributed by atoms with Crippen LogP contribution in [0, 0.1) is 11.6 Å². The molecular formula is C23H20ClF2N5O2. The van der Waals surface area contributed by atoms with Crippen molar-refractivity contribution in [1.29, 1.82) is 0 Å². The third kappa shape index (κ3) is 4.34. The number of fused-ring (bicyclic) bond motifs is 1. The standard InChI is InChI=1S/C23H20ClF2N5O2/c24-14-6-2-1-5-13(14)20-19-21(27-16-7-3-4-8-17(16)32)28-23(29-22(19)31-30-20)33-18-10-9-12(25)11-15(18)26/h1-2,5-6,9-11,16-17,32H,3-4,7-8H2,(H2,27,28,29,30,31)/t16-,17-/m1/s1. The van der Waals surface area contributed by atoms with Crippen LogP contribution in [0.2, 0.25) is 5.02 Å². The Hall–Kier alpha value is -3.30. The molecule has 10 heteroatoms. The predicted octanol–water partition coefficient (Wildman–Crippen LogP) is 5.46. The monoisotopic (exact) mass is 471 g/mol. The van der Waals surface area contributed by atoms with Crippen LogP contribution in [0.4, 0.5) is 14.6 Å². The van der Waals surface area contributed by atoms with Gasteiger partial charge in [0.25, 0.3) is 0 Å². The molecule has 0 aliphatic heterocycles. The van der Waals surface area contributed by atoms with E-state index in [1.54, 1.807) is 6.07 Å². The fraction of sp³-hybridized carbons (Fsp3) is 0.261. The molecule has 170 valence electrons. The van der Waals surface area contributed by atoms with Gasteiger partial charge < -0.3 is 15.2 Å². The van der Waals surface area contributed by atoms with Gasteiger partial charge in [0.15, 0.2) is 17.2 Å². The highest BCUT2D eigenvalue weighted by molar-refractivity contribution is 6.33. The van der Waals surface area contributed by atoms with Gasteiger partial charge in [0, 0.05) is 11.6 Å². The second-order valence-corrected chi connectivity index (χ2v) is 8.32. The Morgan fingerprint density at radius 2 is 1.91 bits per heavy atom.